The summed E-state index contributed by atoms with van der Waals surface area (Å²) in [6, 6.07) is 9.68. The molecule has 1 amide bonds. The molecule has 2 atom stereocenters. The zero-order valence-corrected chi connectivity index (χ0v) is 17.7. The maximum Gasteiger partial charge on any atom is 0.236 e. The van der Waals surface area contributed by atoms with Crippen molar-refractivity contribution < 1.29 is 4.79 Å². The molecule has 3 rings (SSSR count). The number of nitrogens with zero attached hydrogens (tertiary/aromatic N) is 1. The fourth-order valence-electron chi connectivity index (χ4n) is 3.04. The molecule has 3 N–H and O–H groups in total. The minimum atomic E-state index is -0.499. The van der Waals surface area contributed by atoms with Crippen molar-refractivity contribution in [3.8, 4) is 0 Å². The van der Waals surface area contributed by atoms with Crippen molar-refractivity contribution in [2.45, 2.75) is 32.0 Å². The quantitative estimate of drug-likeness (QED) is 0.749. The van der Waals surface area contributed by atoms with E-state index in [4.69, 9.17) is 17.3 Å². The number of carbonyl (C=O) groups is 1. The Bertz CT molecular complexity index is 706. The number of carbonyl (C=O) groups excluding carboxylic acids is 1. The van der Waals surface area contributed by atoms with E-state index in [1.807, 2.05) is 35.6 Å². The van der Waals surface area contributed by atoms with Crippen LogP contribution in [0.1, 0.15) is 29.0 Å². The van der Waals surface area contributed by atoms with E-state index in [0.717, 1.165) is 30.1 Å². The first kappa shape index (κ1) is 23.2. The number of fused-ring (bicyclic) bond motifs is 1. The normalized spacial score (nSPS) is 15.8. The van der Waals surface area contributed by atoms with Gasteiger partial charge in [0.25, 0.3) is 0 Å². The molecule has 144 valence electrons. The molecular formula is C18H24Cl3N3OS. The number of benzene rings is 1. The van der Waals surface area contributed by atoms with Crippen LogP contribution < -0.4 is 11.1 Å². The number of halogens is 3. The summed E-state index contributed by atoms with van der Waals surface area (Å²) in [7, 11) is 0. The second-order valence-corrected chi connectivity index (χ2v) is 7.63. The molecule has 0 radical (unpaired) electrons. The monoisotopic (exact) mass is 435 g/mol. The molecule has 4 nitrogen and oxygen atoms in total. The van der Waals surface area contributed by atoms with Crippen LogP contribution in [-0.2, 0) is 17.8 Å². The van der Waals surface area contributed by atoms with Gasteiger partial charge in [-0.3, -0.25) is 9.69 Å². The fraction of sp³-hybridized carbons (Fsp3) is 0.389. The van der Waals surface area contributed by atoms with Gasteiger partial charge in [0, 0.05) is 29.5 Å². The summed E-state index contributed by atoms with van der Waals surface area (Å²) in [5.74, 6) is -0.123. The summed E-state index contributed by atoms with van der Waals surface area (Å²) in [6.45, 7) is 4.13. The van der Waals surface area contributed by atoms with Crippen molar-refractivity contribution in [1.82, 2.24) is 10.2 Å². The third kappa shape index (κ3) is 5.59. The highest BCUT2D eigenvalue weighted by Gasteiger charge is 2.26. The molecule has 0 bridgehead atoms. The Morgan fingerprint density at radius 1 is 1.31 bits per heavy atom. The Morgan fingerprint density at radius 3 is 2.65 bits per heavy atom. The summed E-state index contributed by atoms with van der Waals surface area (Å²) >= 11 is 7.85. The van der Waals surface area contributed by atoms with Gasteiger partial charge in [-0.2, -0.15) is 0 Å². The highest BCUT2D eigenvalue weighted by Crippen LogP contribution is 2.30. The Hall–Kier alpha value is -0.820. The summed E-state index contributed by atoms with van der Waals surface area (Å²) in [4.78, 5) is 15.8. The molecule has 1 aromatic heterocycles. The number of nitrogens with two attached hydrogens (primary N) is 1. The van der Waals surface area contributed by atoms with E-state index in [0.29, 0.717) is 6.54 Å². The Balaban J connectivity index is 0.00000169. The van der Waals surface area contributed by atoms with Crippen LogP contribution in [0, 0.1) is 0 Å². The number of hydrogen-bond donors (Lipinski definition) is 2. The zero-order chi connectivity index (χ0) is 17.1. The lowest BCUT2D eigenvalue weighted by Gasteiger charge is -2.35. The molecule has 1 aromatic carbocycles. The van der Waals surface area contributed by atoms with Gasteiger partial charge in [0.1, 0.15) is 0 Å². The first-order valence-corrected chi connectivity index (χ1v) is 9.38. The van der Waals surface area contributed by atoms with Gasteiger partial charge in [-0.25, -0.2) is 0 Å². The summed E-state index contributed by atoms with van der Waals surface area (Å²) < 4.78 is 0. The van der Waals surface area contributed by atoms with Crippen LogP contribution in [0.4, 0.5) is 0 Å². The van der Waals surface area contributed by atoms with Crippen molar-refractivity contribution >= 4 is 53.7 Å². The SMILES string of the molecule is C[C@@H](N)C(=O)NCC(c1ccc(Cl)cc1)N1CCc2sccc2C1.Cl.Cl. The van der Waals surface area contributed by atoms with E-state index in [9.17, 15) is 4.79 Å². The van der Waals surface area contributed by atoms with Gasteiger partial charge >= 0.3 is 0 Å². The standard InChI is InChI=1S/C18H22ClN3OS.2ClH/c1-12(20)18(23)21-10-16(13-2-4-15(19)5-3-13)22-8-6-17-14(11-22)7-9-24-17;;/h2-5,7,9,12,16H,6,8,10-11,20H2,1H3,(H,21,23);2*1H/t12-,16?;;/m1../s1. The van der Waals surface area contributed by atoms with E-state index in [2.05, 4.69) is 21.7 Å². The van der Waals surface area contributed by atoms with E-state index in [-0.39, 0.29) is 36.8 Å². The molecule has 2 heterocycles. The van der Waals surface area contributed by atoms with Crippen molar-refractivity contribution in [2.24, 2.45) is 5.73 Å². The van der Waals surface area contributed by atoms with Gasteiger partial charge in [-0.05, 0) is 48.1 Å². The van der Waals surface area contributed by atoms with Crippen LogP contribution in [0.2, 0.25) is 5.02 Å². The van der Waals surface area contributed by atoms with E-state index in [1.54, 1.807) is 6.92 Å². The van der Waals surface area contributed by atoms with Crippen LogP contribution in [0.15, 0.2) is 35.7 Å². The van der Waals surface area contributed by atoms with Crippen molar-refractivity contribution in [3.05, 3.63) is 56.7 Å². The van der Waals surface area contributed by atoms with E-state index in [1.165, 1.54) is 10.4 Å². The molecule has 8 heteroatoms. The smallest absolute Gasteiger partial charge is 0.236 e. The Morgan fingerprint density at radius 2 is 2.00 bits per heavy atom. The minimum absolute atomic E-state index is 0. The number of thiophene rings is 1. The highest BCUT2D eigenvalue weighted by molar-refractivity contribution is 7.10. The predicted octanol–water partition coefficient (Wildman–Crippen LogP) is 3.81. The molecule has 0 saturated heterocycles. The van der Waals surface area contributed by atoms with Crippen LogP contribution in [0.25, 0.3) is 0 Å². The Labute approximate surface area is 175 Å². The maximum absolute atomic E-state index is 11.9. The van der Waals surface area contributed by atoms with E-state index >= 15 is 0 Å². The van der Waals surface area contributed by atoms with Crippen molar-refractivity contribution in [2.75, 3.05) is 13.1 Å². The lowest BCUT2D eigenvalue weighted by molar-refractivity contribution is -0.122. The van der Waals surface area contributed by atoms with Gasteiger partial charge in [0.05, 0.1) is 12.1 Å². The van der Waals surface area contributed by atoms with Gasteiger partial charge < -0.3 is 11.1 Å². The third-order valence-electron chi connectivity index (χ3n) is 4.42. The minimum Gasteiger partial charge on any atom is -0.353 e. The molecule has 1 unspecified atom stereocenters. The number of nitrogens with one attached hydrogen (secondary N) is 1. The largest absolute Gasteiger partial charge is 0.353 e. The second kappa shape index (κ2) is 10.5. The summed E-state index contributed by atoms with van der Waals surface area (Å²) in [5, 5.41) is 5.85. The van der Waals surface area contributed by atoms with Gasteiger partial charge in [0.15, 0.2) is 0 Å². The number of rotatable bonds is 5. The van der Waals surface area contributed by atoms with Crippen molar-refractivity contribution in [1.29, 1.82) is 0 Å². The van der Waals surface area contributed by atoms with Gasteiger partial charge in [-0.15, -0.1) is 36.2 Å². The highest BCUT2D eigenvalue weighted by atomic mass is 35.5. The molecule has 1 aliphatic rings. The van der Waals surface area contributed by atoms with Crippen LogP contribution in [-0.4, -0.2) is 29.9 Å². The fourth-order valence-corrected chi connectivity index (χ4v) is 4.05. The molecular weight excluding hydrogens is 413 g/mol. The molecule has 0 saturated carbocycles. The maximum atomic E-state index is 11.9. The molecule has 0 fully saturated rings. The van der Waals surface area contributed by atoms with Crippen molar-refractivity contribution in [3.63, 3.8) is 0 Å². The number of amides is 1. The van der Waals surface area contributed by atoms with E-state index < -0.39 is 6.04 Å². The van der Waals surface area contributed by atoms with Gasteiger partial charge in [-0.1, -0.05) is 23.7 Å². The molecule has 0 spiro atoms. The first-order chi connectivity index (χ1) is 11.5. The van der Waals surface area contributed by atoms with Gasteiger partial charge in [0.2, 0.25) is 5.91 Å². The summed E-state index contributed by atoms with van der Waals surface area (Å²) in [6.07, 6.45) is 1.05. The average Bonchev–Trinajstić information content (AvgIpc) is 3.04. The van der Waals surface area contributed by atoms with Crippen LogP contribution in [0.3, 0.4) is 0 Å². The topological polar surface area (TPSA) is 58.4 Å². The molecule has 2 aromatic rings. The Kier molecular flexibility index (Phi) is 9.38. The zero-order valence-electron chi connectivity index (χ0n) is 14.5. The third-order valence-corrected chi connectivity index (χ3v) is 5.69. The predicted molar refractivity (Wildman–Crippen MR) is 114 cm³/mol. The lowest BCUT2D eigenvalue weighted by atomic mass is 10.0. The molecule has 0 aliphatic carbocycles. The van der Waals surface area contributed by atoms with Crippen LogP contribution in [0.5, 0.6) is 0 Å². The molecule has 1 aliphatic heterocycles. The summed E-state index contributed by atoms with van der Waals surface area (Å²) in [5.41, 5.74) is 8.21. The first-order valence-electron chi connectivity index (χ1n) is 8.12. The lowest BCUT2D eigenvalue weighted by Crippen LogP contribution is -2.44. The average molecular weight is 437 g/mol. The second-order valence-electron chi connectivity index (χ2n) is 6.19. The number of hydrogen-bond acceptors (Lipinski definition) is 4. The molecule has 26 heavy (non-hydrogen) atoms. The van der Waals surface area contributed by atoms with Crippen LogP contribution >= 0.6 is 47.8 Å².